The lowest BCUT2D eigenvalue weighted by molar-refractivity contribution is -0.118. The number of ether oxygens (including phenoxy) is 3. The first kappa shape index (κ1) is 26.8. The molecule has 0 saturated heterocycles. The van der Waals surface area contributed by atoms with Crippen molar-refractivity contribution in [3.05, 3.63) is 81.7 Å². The summed E-state index contributed by atoms with van der Waals surface area (Å²) in [6.45, 7) is 4.20. The van der Waals surface area contributed by atoms with Crippen LogP contribution in [0.4, 0.5) is 0 Å². The van der Waals surface area contributed by atoms with Crippen LogP contribution in [-0.2, 0) is 4.79 Å². The van der Waals surface area contributed by atoms with E-state index >= 15 is 0 Å². The first-order valence-electron chi connectivity index (χ1n) is 11.6. The standard InChI is InChI=1S/C28H32N2O5S/c1-18(2)15-23(19-8-11-21(33-3)12-9-19)29-28(32)24(17-22-7-6-14-36-22)30-27(31)20-10-13-25(34-4)26(16-20)35-5/h6-14,16-18,23H,15H2,1-5H3,(H,29,32)(H,30,31)/b24-17-. The van der Waals surface area contributed by atoms with Crippen LogP contribution >= 0.6 is 11.3 Å². The van der Waals surface area contributed by atoms with E-state index < -0.39 is 5.91 Å². The summed E-state index contributed by atoms with van der Waals surface area (Å²) in [5.74, 6) is 1.21. The van der Waals surface area contributed by atoms with E-state index in [9.17, 15) is 9.59 Å². The van der Waals surface area contributed by atoms with Gasteiger partial charge in [0.2, 0.25) is 0 Å². The van der Waals surface area contributed by atoms with Gasteiger partial charge in [-0.05, 0) is 65.8 Å². The smallest absolute Gasteiger partial charge is 0.268 e. The lowest BCUT2D eigenvalue weighted by Crippen LogP contribution is -2.37. The SMILES string of the molecule is COc1ccc(C(CC(C)C)NC(=O)/C(=C/c2cccs2)NC(=O)c2ccc(OC)c(OC)c2)cc1. The number of hydrogen-bond acceptors (Lipinski definition) is 6. The molecule has 36 heavy (non-hydrogen) atoms. The van der Waals surface area contributed by atoms with Gasteiger partial charge in [-0.3, -0.25) is 9.59 Å². The highest BCUT2D eigenvalue weighted by Gasteiger charge is 2.21. The number of rotatable bonds is 11. The van der Waals surface area contributed by atoms with Crippen molar-refractivity contribution in [1.82, 2.24) is 10.6 Å². The van der Waals surface area contributed by atoms with E-state index in [0.717, 1.165) is 22.6 Å². The number of hydrogen-bond donors (Lipinski definition) is 2. The number of carbonyl (C=O) groups is 2. The Morgan fingerprint density at radius 2 is 1.67 bits per heavy atom. The van der Waals surface area contributed by atoms with Gasteiger partial charge in [0.15, 0.2) is 11.5 Å². The van der Waals surface area contributed by atoms with Crippen LogP contribution in [0, 0.1) is 5.92 Å². The van der Waals surface area contributed by atoms with E-state index in [2.05, 4.69) is 24.5 Å². The number of amides is 2. The summed E-state index contributed by atoms with van der Waals surface area (Å²) in [7, 11) is 4.65. The minimum absolute atomic E-state index is 0.152. The average molecular weight is 509 g/mol. The highest BCUT2D eigenvalue weighted by molar-refractivity contribution is 7.10. The molecule has 0 spiro atoms. The van der Waals surface area contributed by atoms with E-state index in [1.807, 2.05) is 41.8 Å². The van der Waals surface area contributed by atoms with Crippen molar-refractivity contribution in [2.45, 2.75) is 26.3 Å². The van der Waals surface area contributed by atoms with Crippen LogP contribution < -0.4 is 24.8 Å². The van der Waals surface area contributed by atoms with Gasteiger partial charge in [0.25, 0.3) is 11.8 Å². The van der Waals surface area contributed by atoms with Crippen molar-refractivity contribution in [2.24, 2.45) is 5.92 Å². The summed E-state index contributed by atoms with van der Waals surface area (Å²) in [6.07, 6.45) is 2.41. The summed E-state index contributed by atoms with van der Waals surface area (Å²) in [5, 5.41) is 7.81. The maximum absolute atomic E-state index is 13.5. The van der Waals surface area contributed by atoms with E-state index in [-0.39, 0.29) is 17.6 Å². The van der Waals surface area contributed by atoms with Gasteiger partial charge in [0.1, 0.15) is 11.4 Å². The number of thiophene rings is 1. The Balaban J connectivity index is 1.88. The van der Waals surface area contributed by atoms with Crippen LogP contribution in [0.1, 0.15) is 47.1 Å². The Morgan fingerprint density at radius 3 is 2.25 bits per heavy atom. The van der Waals surface area contributed by atoms with Crippen molar-refractivity contribution < 1.29 is 23.8 Å². The molecule has 0 bridgehead atoms. The molecule has 0 radical (unpaired) electrons. The molecule has 0 fully saturated rings. The molecule has 2 N–H and O–H groups in total. The van der Waals surface area contributed by atoms with Gasteiger partial charge in [-0.2, -0.15) is 0 Å². The zero-order chi connectivity index (χ0) is 26.1. The number of carbonyl (C=O) groups excluding carboxylic acids is 2. The van der Waals surface area contributed by atoms with Crippen molar-refractivity contribution >= 4 is 29.2 Å². The number of methoxy groups -OCH3 is 3. The van der Waals surface area contributed by atoms with Gasteiger partial charge in [-0.25, -0.2) is 0 Å². The molecule has 7 nitrogen and oxygen atoms in total. The zero-order valence-corrected chi connectivity index (χ0v) is 22.0. The van der Waals surface area contributed by atoms with Gasteiger partial charge < -0.3 is 24.8 Å². The predicted octanol–water partition coefficient (Wildman–Crippen LogP) is 5.45. The molecule has 0 saturated carbocycles. The topological polar surface area (TPSA) is 85.9 Å². The van der Waals surface area contributed by atoms with Gasteiger partial charge in [0.05, 0.1) is 27.4 Å². The van der Waals surface area contributed by atoms with E-state index in [1.54, 1.807) is 31.4 Å². The fourth-order valence-corrected chi connectivity index (χ4v) is 4.33. The quantitative estimate of drug-likeness (QED) is 0.337. The van der Waals surface area contributed by atoms with E-state index in [1.165, 1.54) is 25.6 Å². The molecule has 1 heterocycles. The van der Waals surface area contributed by atoms with Crippen molar-refractivity contribution in [3.63, 3.8) is 0 Å². The van der Waals surface area contributed by atoms with E-state index in [4.69, 9.17) is 14.2 Å². The summed E-state index contributed by atoms with van der Waals surface area (Å²) < 4.78 is 15.8. The largest absolute Gasteiger partial charge is 0.497 e. The number of nitrogens with one attached hydrogen (secondary N) is 2. The third kappa shape index (κ3) is 7.11. The summed E-state index contributed by atoms with van der Waals surface area (Å²) >= 11 is 1.47. The van der Waals surface area contributed by atoms with Crippen LogP contribution in [0.25, 0.3) is 6.08 Å². The molecule has 3 aromatic rings. The molecular weight excluding hydrogens is 476 g/mol. The second kappa shape index (κ2) is 12.8. The Bertz CT molecular complexity index is 1190. The lowest BCUT2D eigenvalue weighted by Gasteiger charge is -2.22. The van der Waals surface area contributed by atoms with E-state index in [0.29, 0.717) is 23.0 Å². The molecular formula is C28H32N2O5S. The maximum Gasteiger partial charge on any atom is 0.268 e. The van der Waals surface area contributed by atoms with Crippen molar-refractivity contribution in [3.8, 4) is 17.2 Å². The predicted molar refractivity (Wildman–Crippen MR) is 143 cm³/mol. The third-order valence-electron chi connectivity index (χ3n) is 5.50. The second-order valence-corrected chi connectivity index (χ2v) is 9.51. The Hall–Kier alpha value is -3.78. The zero-order valence-electron chi connectivity index (χ0n) is 21.2. The Morgan fingerprint density at radius 1 is 0.944 bits per heavy atom. The van der Waals surface area contributed by atoms with Crippen LogP contribution in [0.5, 0.6) is 17.2 Å². The molecule has 0 aliphatic carbocycles. The van der Waals surface area contributed by atoms with Gasteiger partial charge >= 0.3 is 0 Å². The van der Waals surface area contributed by atoms with Crippen LogP contribution in [-0.4, -0.2) is 33.1 Å². The molecule has 8 heteroatoms. The first-order chi connectivity index (χ1) is 17.3. The molecule has 2 amide bonds. The monoisotopic (exact) mass is 508 g/mol. The minimum atomic E-state index is -0.432. The molecule has 190 valence electrons. The summed E-state index contributed by atoms with van der Waals surface area (Å²) in [6, 6.07) is 16.0. The van der Waals surface area contributed by atoms with Gasteiger partial charge in [-0.15, -0.1) is 11.3 Å². The highest BCUT2D eigenvalue weighted by atomic mass is 32.1. The normalized spacial score (nSPS) is 12.1. The Labute approximate surface area is 216 Å². The molecule has 1 atom stereocenters. The van der Waals surface area contributed by atoms with Gasteiger partial charge in [-0.1, -0.05) is 32.0 Å². The fourth-order valence-electron chi connectivity index (χ4n) is 3.67. The Kier molecular flexibility index (Phi) is 9.53. The molecule has 1 aromatic heterocycles. The van der Waals surface area contributed by atoms with Crippen molar-refractivity contribution in [2.75, 3.05) is 21.3 Å². The van der Waals surface area contributed by atoms with Gasteiger partial charge in [0, 0.05) is 10.4 Å². The summed E-state index contributed by atoms with van der Waals surface area (Å²) in [4.78, 5) is 27.5. The number of benzene rings is 2. The van der Waals surface area contributed by atoms with Crippen LogP contribution in [0.2, 0.25) is 0 Å². The average Bonchev–Trinajstić information content (AvgIpc) is 3.40. The molecule has 1 unspecified atom stereocenters. The van der Waals surface area contributed by atoms with Crippen LogP contribution in [0.3, 0.4) is 0 Å². The summed E-state index contributed by atoms with van der Waals surface area (Å²) in [5.41, 5.74) is 1.45. The second-order valence-electron chi connectivity index (χ2n) is 8.53. The highest BCUT2D eigenvalue weighted by Crippen LogP contribution is 2.28. The molecule has 0 aliphatic rings. The molecule has 2 aromatic carbocycles. The fraction of sp³-hybridized carbons (Fsp3) is 0.286. The molecule has 3 rings (SSSR count). The minimum Gasteiger partial charge on any atom is -0.497 e. The maximum atomic E-state index is 13.5. The molecule has 0 aliphatic heterocycles. The van der Waals surface area contributed by atoms with Crippen molar-refractivity contribution in [1.29, 1.82) is 0 Å². The third-order valence-corrected chi connectivity index (χ3v) is 6.32. The first-order valence-corrected chi connectivity index (χ1v) is 12.5. The van der Waals surface area contributed by atoms with Crippen LogP contribution in [0.15, 0.2) is 65.7 Å². The lowest BCUT2D eigenvalue weighted by atomic mass is 9.96.